The van der Waals surface area contributed by atoms with E-state index in [0.29, 0.717) is 12.4 Å². The zero-order valence-corrected chi connectivity index (χ0v) is 21.2. The molecule has 0 unspecified atom stereocenters. The highest BCUT2D eigenvalue weighted by molar-refractivity contribution is 5.99. The van der Waals surface area contributed by atoms with E-state index in [1.807, 2.05) is 31.2 Å². The molecular formula is C30H28N4O3. The number of imidazole rings is 1. The fourth-order valence-electron chi connectivity index (χ4n) is 5.23. The van der Waals surface area contributed by atoms with Crippen LogP contribution in [-0.2, 0) is 19.6 Å². The fraction of sp³-hybridized carbons (Fsp3) is 0.233. The minimum atomic E-state index is -0.575. The number of benzene rings is 3. The van der Waals surface area contributed by atoms with E-state index < -0.39 is 5.76 Å². The molecule has 0 fully saturated rings. The predicted octanol–water partition coefficient (Wildman–Crippen LogP) is 5.89. The number of fused-ring (bicyclic) bond motifs is 3. The van der Waals surface area contributed by atoms with E-state index in [1.54, 1.807) is 0 Å². The van der Waals surface area contributed by atoms with E-state index >= 15 is 0 Å². The third-order valence-electron chi connectivity index (χ3n) is 7.02. The van der Waals surface area contributed by atoms with Crippen LogP contribution in [-0.4, -0.2) is 19.7 Å². The van der Waals surface area contributed by atoms with Crippen LogP contribution in [0, 0.1) is 6.92 Å². The number of hydrogen-bond acceptors (Lipinski definition) is 5. The Balaban J connectivity index is 1.48. The van der Waals surface area contributed by atoms with E-state index in [-0.39, 0.29) is 0 Å². The third-order valence-corrected chi connectivity index (χ3v) is 7.02. The van der Waals surface area contributed by atoms with Gasteiger partial charge in [-0.25, -0.2) is 9.78 Å². The summed E-state index contributed by atoms with van der Waals surface area (Å²) in [4.78, 5) is 19.4. The largest absolute Gasteiger partial charge is 0.488 e. The Bertz CT molecular complexity index is 1720. The highest BCUT2D eigenvalue weighted by Crippen LogP contribution is 2.40. The van der Waals surface area contributed by atoms with Crippen molar-refractivity contribution in [3.63, 3.8) is 0 Å². The van der Waals surface area contributed by atoms with E-state index in [9.17, 15) is 4.79 Å². The summed E-state index contributed by atoms with van der Waals surface area (Å²) < 4.78 is 13.4. The second-order valence-electron chi connectivity index (χ2n) is 9.53. The number of nitrogens with zero attached hydrogens (tertiary/aromatic N) is 3. The molecule has 0 aliphatic carbocycles. The quantitative estimate of drug-likeness (QED) is 0.330. The Morgan fingerprint density at radius 2 is 1.95 bits per heavy atom. The van der Waals surface area contributed by atoms with Crippen LogP contribution in [0.5, 0.6) is 5.75 Å². The van der Waals surface area contributed by atoms with Crippen molar-refractivity contribution in [3.05, 3.63) is 111 Å². The lowest BCUT2D eigenvalue weighted by Crippen LogP contribution is -2.07. The number of ether oxygens (including phenoxy) is 1. The summed E-state index contributed by atoms with van der Waals surface area (Å²) in [5, 5.41) is 3.95. The maximum Gasteiger partial charge on any atom is 0.439 e. The summed E-state index contributed by atoms with van der Waals surface area (Å²) in [5.41, 5.74) is 9.47. The van der Waals surface area contributed by atoms with Gasteiger partial charge in [-0.2, -0.15) is 0 Å². The van der Waals surface area contributed by atoms with Gasteiger partial charge >= 0.3 is 5.76 Å². The van der Waals surface area contributed by atoms with Crippen molar-refractivity contribution in [2.24, 2.45) is 0 Å². The van der Waals surface area contributed by atoms with Crippen LogP contribution in [0.25, 0.3) is 22.2 Å². The van der Waals surface area contributed by atoms with Gasteiger partial charge in [-0.1, -0.05) is 54.5 Å². The second-order valence-corrected chi connectivity index (χ2v) is 9.53. The third kappa shape index (κ3) is 4.06. The Hall–Kier alpha value is -4.39. The smallest absolute Gasteiger partial charge is 0.439 e. The number of aromatic nitrogens is 4. The number of para-hydroxylation sites is 2. The number of rotatable bonds is 5. The van der Waals surface area contributed by atoms with Crippen LogP contribution in [0.2, 0.25) is 0 Å². The van der Waals surface area contributed by atoms with Gasteiger partial charge in [0, 0.05) is 24.1 Å². The van der Waals surface area contributed by atoms with Gasteiger partial charge in [-0.15, -0.1) is 0 Å². The standard InChI is InChI=1S/C30H28N4O3/c1-4-8-26-31-28-18(2)9-7-11-24(28)34(26)16-20-13-14-22-21(15-20)17-36-25-12-6-5-10-23(25)27(22)19(3)29-32-30(35)37-33-29/h5-7,9-15H,4,8,16-17H2,1-3H3,(H,32,33,35)/b27-19-. The zero-order chi connectivity index (χ0) is 25.5. The Morgan fingerprint density at radius 3 is 2.76 bits per heavy atom. The van der Waals surface area contributed by atoms with Gasteiger partial charge in [0.25, 0.3) is 0 Å². The highest BCUT2D eigenvalue weighted by atomic mass is 16.5. The van der Waals surface area contributed by atoms with Gasteiger partial charge in [0.15, 0.2) is 5.82 Å². The number of aryl methyl sites for hydroxylation is 2. The van der Waals surface area contributed by atoms with Crippen LogP contribution >= 0.6 is 0 Å². The van der Waals surface area contributed by atoms with E-state index in [1.165, 1.54) is 11.1 Å². The first-order valence-corrected chi connectivity index (χ1v) is 12.6. The van der Waals surface area contributed by atoms with Gasteiger partial charge in [-0.3, -0.25) is 9.51 Å². The van der Waals surface area contributed by atoms with Crippen LogP contribution in [0.15, 0.2) is 70.0 Å². The van der Waals surface area contributed by atoms with Gasteiger partial charge in [-0.05, 0) is 66.3 Å². The average Bonchev–Trinajstić information content (AvgIpc) is 3.44. The molecule has 0 radical (unpaired) electrons. The molecule has 0 saturated heterocycles. The van der Waals surface area contributed by atoms with Crippen molar-refractivity contribution in [1.82, 2.24) is 19.7 Å². The molecule has 0 amide bonds. The first-order chi connectivity index (χ1) is 18.0. The molecule has 3 aromatic carbocycles. The summed E-state index contributed by atoms with van der Waals surface area (Å²) in [7, 11) is 0. The van der Waals surface area contributed by atoms with Gasteiger partial charge in [0.05, 0.1) is 11.0 Å². The molecule has 37 heavy (non-hydrogen) atoms. The Morgan fingerprint density at radius 1 is 1.08 bits per heavy atom. The van der Waals surface area contributed by atoms with E-state index in [0.717, 1.165) is 69.8 Å². The number of aromatic amines is 1. The summed E-state index contributed by atoms with van der Waals surface area (Å²) in [6, 6.07) is 20.9. The monoisotopic (exact) mass is 492 g/mol. The molecular weight excluding hydrogens is 464 g/mol. The van der Waals surface area contributed by atoms with E-state index in [4.69, 9.17) is 14.2 Å². The van der Waals surface area contributed by atoms with Crippen molar-refractivity contribution >= 4 is 22.2 Å². The molecule has 3 heterocycles. The molecule has 1 aliphatic rings. The molecule has 1 N–H and O–H groups in total. The van der Waals surface area contributed by atoms with Gasteiger partial charge in [0.1, 0.15) is 18.2 Å². The molecule has 0 bridgehead atoms. The number of hydrogen-bond donors (Lipinski definition) is 1. The molecule has 2 aromatic heterocycles. The number of allylic oxidation sites excluding steroid dienone is 1. The first-order valence-electron chi connectivity index (χ1n) is 12.6. The summed E-state index contributed by atoms with van der Waals surface area (Å²) in [6.45, 7) is 7.42. The second kappa shape index (κ2) is 9.24. The normalized spacial score (nSPS) is 14.1. The van der Waals surface area contributed by atoms with Crippen LogP contribution in [0.4, 0.5) is 0 Å². The Kier molecular flexibility index (Phi) is 5.75. The van der Waals surface area contributed by atoms with Gasteiger partial charge in [0.2, 0.25) is 0 Å². The lowest BCUT2D eigenvalue weighted by Gasteiger charge is -2.15. The Labute approximate surface area is 214 Å². The molecule has 0 atom stereocenters. The van der Waals surface area contributed by atoms with Crippen molar-refractivity contribution in [2.45, 2.75) is 46.8 Å². The molecule has 5 aromatic rings. The molecule has 1 aliphatic heterocycles. The molecule has 7 heteroatoms. The molecule has 0 saturated carbocycles. The molecule has 186 valence electrons. The van der Waals surface area contributed by atoms with Crippen LogP contribution in [0.1, 0.15) is 59.7 Å². The average molecular weight is 493 g/mol. The lowest BCUT2D eigenvalue weighted by molar-refractivity contribution is 0.307. The molecule has 7 nitrogen and oxygen atoms in total. The number of nitrogens with one attached hydrogen (secondary N) is 1. The lowest BCUT2D eigenvalue weighted by atomic mass is 9.89. The molecule has 6 rings (SSSR count). The van der Waals surface area contributed by atoms with Crippen molar-refractivity contribution < 1.29 is 9.26 Å². The predicted molar refractivity (Wildman–Crippen MR) is 143 cm³/mol. The summed E-state index contributed by atoms with van der Waals surface area (Å²) in [5.74, 6) is 1.74. The minimum absolute atomic E-state index is 0.413. The first kappa shape index (κ1) is 23.0. The topological polar surface area (TPSA) is 85.9 Å². The van der Waals surface area contributed by atoms with E-state index in [2.05, 4.69) is 65.0 Å². The summed E-state index contributed by atoms with van der Waals surface area (Å²) >= 11 is 0. The van der Waals surface area contributed by atoms with Crippen molar-refractivity contribution in [1.29, 1.82) is 0 Å². The van der Waals surface area contributed by atoms with Crippen molar-refractivity contribution in [2.75, 3.05) is 0 Å². The van der Waals surface area contributed by atoms with Crippen molar-refractivity contribution in [3.8, 4) is 5.75 Å². The van der Waals surface area contributed by atoms with Crippen LogP contribution < -0.4 is 10.5 Å². The maximum absolute atomic E-state index is 11.7. The summed E-state index contributed by atoms with van der Waals surface area (Å²) in [6.07, 6.45) is 1.97. The SMILES string of the molecule is CCCc1nc2c(C)cccc2n1Cc1ccc2c(c1)COc1ccccc1/C2=C(/C)c1noc(=O)[nH]1. The van der Waals surface area contributed by atoms with Gasteiger partial charge < -0.3 is 9.30 Å². The maximum atomic E-state index is 11.7. The molecule has 0 spiro atoms. The zero-order valence-electron chi connectivity index (χ0n) is 21.2. The fourth-order valence-corrected chi connectivity index (χ4v) is 5.23. The number of H-pyrrole nitrogens is 1. The van der Waals surface area contributed by atoms with Crippen LogP contribution in [0.3, 0.4) is 0 Å². The minimum Gasteiger partial charge on any atom is -0.488 e. The highest BCUT2D eigenvalue weighted by Gasteiger charge is 2.23.